The van der Waals surface area contributed by atoms with E-state index in [1.807, 2.05) is 11.5 Å². The Balaban J connectivity index is 2.35. The van der Waals surface area contributed by atoms with Crippen molar-refractivity contribution in [2.24, 2.45) is 0 Å². The van der Waals surface area contributed by atoms with Gasteiger partial charge in [0.1, 0.15) is 5.76 Å². The standard InChI is InChI=1S/C12H8OS2/c13-9-3-5-15-12-8(7-9)1-2-11-10(12)4-6-14-11/h1-7,13H. The van der Waals surface area contributed by atoms with Crippen LogP contribution in [-0.4, -0.2) is 5.11 Å². The average Bonchev–Trinajstić information content (AvgIpc) is 2.61. The highest BCUT2D eigenvalue weighted by Gasteiger charge is 2.09. The minimum Gasteiger partial charge on any atom is -0.508 e. The summed E-state index contributed by atoms with van der Waals surface area (Å²) in [7, 11) is 0. The number of aliphatic hydroxyl groups is 1. The summed E-state index contributed by atoms with van der Waals surface area (Å²) in [5.74, 6) is 0.316. The first-order valence-electron chi connectivity index (χ1n) is 4.59. The van der Waals surface area contributed by atoms with Gasteiger partial charge in [-0.05, 0) is 40.6 Å². The van der Waals surface area contributed by atoms with Gasteiger partial charge in [0.2, 0.25) is 0 Å². The van der Waals surface area contributed by atoms with Crippen LogP contribution in [0.5, 0.6) is 0 Å². The molecule has 2 aromatic rings. The molecular formula is C12H8OS2. The lowest BCUT2D eigenvalue weighted by molar-refractivity contribution is 0.438. The first-order chi connectivity index (χ1) is 7.34. The lowest BCUT2D eigenvalue weighted by Crippen LogP contribution is -1.79. The van der Waals surface area contributed by atoms with Crippen LogP contribution >= 0.6 is 23.1 Å². The molecule has 2 heterocycles. The van der Waals surface area contributed by atoms with Gasteiger partial charge >= 0.3 is 0 Å². The van der Waals surface area contributed by atoms with Crippen molar-refractivity contribution in [3.05, 3.63) is 46.4 Å². The lowest BCUT2D eigenvalue weighted by atomic mass is 10.1. The smallest absolute Gasteiger partial charge is 0.116 e. The quantitative estimate of drug-likeness (QED) is 0.725. The molecule has 0 fully saturated rings. The van der Waals surface area contributed by atoms with E-state index in [-0.39, 0.29) is 0 Å². The van der Waals surface area contributed by atoms with Crippen molar-refractivity contribution in [3.8, 4) is 0 Å². The zero-order chi connectivity index (χ0) is 10.3. The van der Waals surface area contributed by atoms with Gasteiger partial charge in [0.05, 0.1) is 0 Å². The highest BCUT2D eigenvalue weighted by molar-refractivity contribution is 8.02. The van der Waals surface area contributed by atoms with E-state index < -0.39 is 0 Å². The van der Waals surface area contributed by atoms with Crippen molar-refractivity contribution >= 4 is 39.3 Å². The highest BCUT2D eigenvalue weighted by Crippen LogP contribution is 2.37. The van der Waals surface area contributed by atoms with Crippen LogP contribution in [0.25, 0.3) is 16.2 Å². The van der Waals surface area contributed by atoms with E-state index in [1.165, 1.54) is 15.0 Å². The van der Waals surface area contributed by atoms with Gasteiger partial charge in [-0.15, -0.1) is 11.3 Å². The summed E-state index contributed by atoms with van der Waals surface area (Å²) in [6, 6.07) is 6.30. The predicted molar refractivity (Wildman–Crippen MR) is 67.4 cm³/mol. The Kier molecular flexibility index (Phi) is 2.08. The van der Waals surface area contributed by atoms with Crippen molar-refractivity contribution < 1.29 is 5.11 Å². The summed E-state index contributed by atoms with van der Waals surface area (Å²) in [5.41, 5.74) is 1.09. The third-order valence-electron chi connectivity index (χ3n) is 2.34. The van der Waals surface area contributed by atoms with E-state index in [0.717, 1.165) is 5.56 Å². The maximum Gasteiger partial charge on any atom is 0.116 e. The zero-order valence-electron chi connectivity index (χ0n) is 7.81. The molecule has 1 aromatic carbocycles. The highest BCUT2D eigenvalue weighted by atomic mass is 32.2. The van der Waals surface area contributed by atoms with Crippen LogP contribution in [0.3, 0.4) is 0 Å². The molecule has 3 heteroatoms. The molecule has 1 nitrogen and oxygen atoms in total. The van der Waals surface area contributed by atoms with Crippen LogP contribution < -0.4 is 0 Å². The maximum atomic E-state index is 9.52. The fourth-order valence-electron chi connectivity index (χ4n) is 1.66. The molecule has 1 N–H and O–H groups in total. The first kappa shape index (κ1) is 9.07. The van der Waals surface area contributed by atoms with Crippen LogP contribution in [0.4, 0.5) is 0 Å². The third-order valence-corrected chi connectivity index (χ3v) is 4.19. The van der Waals surface area contributed by atoms with E-state index in [0.29, 0.717) is 5.76 Å². The van der Waals surface area contributed by atoms with Gasteiger partial charge in [0.15, 0.2) is 0 Å². The molecule has 74 valence electrons. The first-order valence-corrected chi connectivity index (χ1v) is 6.34. The Morgan fingerprint density at radius 1 is 1.13 bits per heavy atom. The molecule has 0 unspecified atom stereocenters. The molecule has 0 radical (unpaired) electrons. The monoisotopic (exact) mass is 232 g/mol. The fraction of sp³-hybridized carbons (Fsp3) is 0. The largest absolute Gasteiger partial charge is 0.508 e. The van der Waals surface area contributed by atoms with Crippen molar-refractivity contribution in [2.45, 2.75) is 4.90 Å². The molecule has 1 aromatic heterocycles. The molecule has 1 aliphatic heterocycles. The molecule has 15 heavy (non-hydrogen) atoms. The Hall–Kier alpha value is -1.19. The number of aliphatic hydroxyl groups excluding tert-OH is 1. The normalized spacial score (nSPS) is 14.8. The van der Waals surface area contributed by atoms with Crippen LogP contribution in [0, 0.1) is 0 Å². The van der Waals surface area contributed by atoms with Gasteiger partial charge in [-0.25, -0.2) is 0 Å². The van der Waals surface area contributed by atoms with Gasteiger partial charge < -0.3 is 5.11 Å². The average molecular weight is 232 g/mol. The number of benzene rings is 1. The number of allylic oxidation sites excluding steroid dienone is 1. The Morgan fingerprint density at radius 3 is 3.00 bits per heavy atom. The molecule has 0 atom stereocenters. The van der Waals surface area contributed by atoms with Gasteiger partial charge in [-0.2, -0.15) is 0 Å². The number of fused-ring (bicyclic) bond motifs is 3. The van der Waals surface area contributed by atoms with Crippen molar-refractivity contribution in [1.29, 1.82) is 0 Å². The third kappa shape index (κ3) is 1.48. The number of hydrogen-bond donors (Lipinski definition) is 1. The summed E-state index contributed by atoms with van der Waals surface area (Å²) < 4.78 is 1.30. The summed E-state index contributed by atoms with van der Waals surface area (Å²) in [5, 5.41) is 14.8. The van der Waals surface area contributed by atoms with E-state index in [9.17, 15) is 5.11 Å². The summed E-state index contributed by atoms with van der Waals surface area (Å²) >= 11 is 3.41. The molecule has 1 aliphatic rings. The molecule has 0 amide bonds. The summed E-state index contributed by atoms with van der Waals surface area (Å²) in [4.78, 5) is 1.23. The predicted octanol–water partition coefficient (Wildman–Crippen LogP) is 4.42. The lowest BCUT2D eigenvalue weighted by Gasteiger charge is -2.03. The van der Waals surface area contributed by atoms with Crippen LogP contribution in [-0.2, 0) is 0 Å². The van der Waals surface area contributed by atoms with Crippen LogP contribution in [0.15, 0.2) is 45.7 Å². The second kappa shape index (κ2) is 3.43. The molecule has 0 bridgehead atoms. The number of thioether (sulfide) groups is 1. The maximum absolute atomic E-state index is 9.52. The number of hydrogen-bond acceptors (Lipinski definition) is 3. The number of thiophene rings is 1. The second-order valence-electron chi connectivity index (χ2n) is 3.31. The Morgan fingerprint density at radius 2 is 2.07 bits per heavy atom. The minimum atomic E-state index is 0.316. The van der Waals surface area contributed by atoms with Crippen molar-refractivity contribution in [2.75, 3.05) is 0 Å². The minimum absolute atomic E-state index is 0.316. The number of rotatable bonds is 0. The molecule has 3 rings (SSSR count). The van der Waals surface area contributed by atoms with E-state index in [2.05, 4.69) is 23.6 Å². The molecule has 0 spiro atoms. The Labute approximate surface area is 95.7 Å². The van der Waals surface area contributed by atoms with E-state index >= 15 is 0 Å². The SMILES string of the molecule is OC1=Cc2ccc3sccc3c2SC=C1. The molecule has 0 saturated heterocycles. The van der Waals surface area contributed by atoms with Gasteiger partial charge in [0.25, 0.3) is 0 Å². The van der Waals surface area contributed by atoms with Crippen LogP contribution in [0.2, 0.25) is 0 Å². The Bertz CT molecular complexity index is 578. The zero-order valence-corrected chi connectivity index (χ0v) is 9.44. The van der Waals surface area contributed by atoms with Crippen molar-refractivity contribution in [3.63, 3.8) is 0 Å². The van der Waals surface area contributed by atoms with E-state index in [4.69, 9.17) is 0 Å². The molecule has 0 aliphatic carbocycles. The summed E-state index contributed by atoms with van der Waals surface area (Å²) in [6.07, 6.45) is 3.53. The molecular weight excluding hydrogens is 224 g/mol. The summed E-state index contributed by atoms with van der Waals surface area (Å²) in [6.45, 7) is 0. The van der Waals surface area contributed by atoms with Gasteiger partial charge in [-0.3, -0.25) is 0 Å². The van der Waals surface area contributed by atoms with Gasteiger partial charge in [0, 0.05) is 15.0 Å². The van der Waals surface area contributed by atoms with Crippen molar-refractivity contribution in [1.82, 2.24) is 0 Å². The van der Waals surface area contributed by atoms with Crippen LogP contribution in [0.1, 0.15) is 5.56 Å². The van der Waals surface area contributed by atoms with Gasteiger partial charge in [-0.1, -0.05) is 17.8 Å². The fourth-order valence-corrected chi connectivity index (χ4v) is 3.43. The van der Waals surface area contributed by atoms with E-state index in [1.54, 1.807) is 29.2 Å². The molecule has 0 saturated carbocycles. The topological polar surface area (TPSA) is 20.2 Å². The second-order valence-corrected chi connectivity index (χ2v) is 5.17.